The van der Waals surface area contributed by atoms with Crippen LogP contribution in [0.15, 0.2) is 24.3 Å². The van der Waals surface area contributed by atoms with Gasteiger partial charge in [-0.3, -0.25) is 9.69 Å². The van der Waals surface area contributed by atoms with E-state index in [4.69, 9.17) is 9.47 Å². The van der Waals surface area contributed by atoms with Gasteiger partial charge >= 0.3 is 0 Å². The number of carbonyl (C=O) groups excluding carboxylic acids is 1. The van der Waals surface area contributed by atoms with E-state index in [0.717, 1.165) is 64.4 Å². The molecule has 5 nitrogen and oxygen atoms in total. The van der Waals surface area contributed by atoms with E-state index in [1.165, 1.54) is 18.4 Å². The Labute approximate surface area is 163 Å². The largest absolute Gasteiger partial charge is 0.489 e. The number of nitrogens with one attached hydrogen (secondary N) is 1. The molecule has 5 heteroatoms. The first-order valence-electron chi connectivity index (χ1n) is 10.6. The van der Waals surface area contributed by atoms with E-state index in [0.29, 0.717) is 12.3 Å². The fraction of sp³-hybridized carbons (Fsp3) is 0.682. The molecule has 2 aliphatic heterocycles. The summed E-state index contributed by atoms with van der Waals surface area (Å²) in [7, 11) is 0. The maximum Gasteiger partial charge on any atom is 0.221 e. The summed E-state index contributed by atoms with van der Waals surface area (Å²) in [4.78, 5) is 14.7. The van der Waals surface area contributed by atoms with Gasteiger partial charge in [-0.2, -0.15) is 0 Å². The molecule has 1 amide bonds. The summed E-state index contributed by atoms with van der Waals surface area (Å²) in [5.74, 6) is 1.73. The Bertz CT molecular complexity index is 587. The molecule has 1 atom stereocenters. The Hall–Kier alpha value is -1.59. The number of ether oxygens (including phenoxy) is 2. The molecule has 0 radical (unpaired) electrons. The van der Waals surface area contributed by atoms with Crippen molar-refractivity contribution < 1.29 is 14.3 Å². The minimum absolute atomic E-state index is 0.157. The van der Waals surface area contributed by atoms with Crippen molar-refractivity contribution in [2.75, 3.05) is 32.8 Å². The van der Waals surface area contributed by atoms with E-state index in [1.807, 2.05) is 6.07 Å². The highest BCUT2D eigenvalue weighted by Crippen LogP contribution is 2.26. The summed E-state index contributed by atoms with van der Waals surface area (Å²) in [6, 6.07) is 8.30. The van der Waals surface area contributed by atoms with E-state index >= 15 is 0 Å². The van der Waals surface area contributed by atoms with Crippen molar-refractivity contribution in [1.29, 1.82) is 0 Å². The van der Waals surface area contributed by atoms with Crippen LogP contribution in [0.25, 0.3) is 0 Å². The number of benzene rings is 1. The third kappa shape index (κ3) is 6.51. The molecule has 0 saturated carbocycles. The van der Waals surface area contributed by atoms with Gasteiger partial charge in [0.1, 0.15) is 11.9 Å². The lowest BCUT2D eigenvalue weighted by molar-refractivity contribution is -0.121. The molecule has 0 unspecified atom stereocenters. The third-order valence-corrected chi connectivity index (χ3v) is 5.59. The molecule has 150 valence electrons. The lowest BCUT2D eigenvalue weighted by atomic mass is 10.0. The van der Waals surface area contributed by atoms with Gasteiger partial charge in [0.2, 0.25) is 5.91 Å². The fourth-order valence-electron chi connectivity index (χ4n) is 3.87. The van der Waals surface area contributed by atoms with Gasteiger partial charge in [-0.1, -0.05) is 31.5 Å². The summed E-state index contributed by atoms with van der Waals surface area (Å²) in [6.45, 7) is 7.17. The maximum atomic E-state index is 12.3. The van der Waals surface area contributed by atoms with Crippen LogP contribution in [0.3, 0.4) is 0 Å². The number of carbonyl (C=O) groups is 1. The van der Waals surface area contributed by atoms with Crippen LogP contribution in [0.1, 0.15) is 51.0 Å². The minimum atomic E-state index is 0.157. The molecule has 2 heterocycles. The lowest BCUT2D eigenvalue weighted by Gasteiger charge is -2.24. The summed E-state index contributed by atoms with van der Waals surface area (Å²) < 4.78 is 11.6. The van der Waals surface area contributed by atoms with E-state index in [-0.39, 0.29) is 12.0 Å². The van der Waals surface area contributed by atoms with Gasteiger partial charge in [0.15, 0.2) is 0 Å². The molecular weight excluding hydrogens is 340 g/mol. The molecule has 1 fully saturated rings. The normalized spacial score (nSPS) is 21.1. The Balaban J connectivity index is 1.49. The molecule has 1 saturated heterocycles. The number of amides is 1. The average Bonchev–Trinajstić information content (AvgIpc) is 2.88. The fourth-order valence-corrected chi connectivity index (χ4v) is 3.87. The van der Waals surface area contributed by atoms with Crippen molar-refractivity contribution in [2.45, 2.75) is 58.1 Å². The predicted molar refractivity (Wildman–Crippen MR) is 107 cm³/mol. The molecule has 1 aromatic carbocycles. The van der Waals surface area contributed by atoms with Gasteiger partial charge in [-0.05, 0) is 37.7 Å². The first-order valence-corrected chi connectivity index (χ1v) is 10.6. The van der Waals surface area contributed by atoms with Gasteiger partial charge in [-0.25, -0.2) is 0 Å². The van der Waals surface area contributed by atoms with Crippen molar-refractivity contribution in [2.24, 2.45) is 5.92 Å². The summed E-state index contributed by atoms with van der Waals surface area (Å²) in [5, 5.41) is 3.12. The predicted octanol–water partition coefficient (Wildman–Crippen LogP) is 3.37. The van der Waals surface area contributed by atoms with Crippen molar-refractivity contribution in [3.8, 4) is 5.75 Å². The van der Waals surface area contributed by atoms with Crippen LogP contribution in [0.4, 0.5) is 0 Å². The zero-order chi connectivity index (χ0) is 18.9. The van der Waals surface area contributed by atoms with Crippen LogP contribution in [0.5, 0.6) is 5.75 Å². The van der Waals surface area contributed by atoms with Crippen molar-refractivity contribution in [1.82, 2.24) is 10.2 Å². The Kier molecular flexibility index (Phi) is 7.96. The number of hydrogen-bond donors (Lipinski definition) is 1. The van der Waals surface area contributed by atoms with Crippen LogP contribution < -0.4 is 10.1 Å². The van der Waals surface area contributed by atoms with E-state index in [2.05, 4.69) is 35.3 Å². The molecule has 0 aromatic heterocycles. The second kappa shape index (κ2) is 10.7. The standard InChI is InChI=1S/C22H34N2O3/c1-2-3-7-20-17-24(16-19-6-4-5-8-21(19)27-20)12-9-22(25)23-15-18-10-13-26-14-11-18/h4-6,8,18,20H,2-3,7,9-17H2,1H3,(H,23,25)/t20-/m0/s1. The van der Waals surface area contributed by atoms with Crippen LogP contribution >= 0.6 is 0 Å². The summed E-state index contributed by atoms with van der Waals surface area (Å²) >= 11 is 0. The number of fused-ring (bicyclic) bond motifs is 1. The highest BCUT2D eigenvalue weighted by Gasteiger charge is 2.23. The molecule has 1 aromatic rings. The lowest BCUT2D eigenvalue weighted by Crippen LogP contribution is -2.37. The van der Waals surface area contributed by atoms with Gasteiger partial charge in [0.25, 0.3) is 0 Å². The number of hydrogen-bond acceptors (Lipinski definition) is 4. The van der Waals surface area contributed by atoms with Crippen LogP contribution in [0.2, 0.25) is 0 Å². The van der Waals surface area contributed by atoms with Crippen molar-refractivity contribution in [3.63, 3.8) is 0 Å². The maximum absolute atomic E-state index is 12.3. The Morgan fingerprint density at radius 2 is 2.07 bits per heavy atom. The second-order valence-electron chi connectivity index (χ2n) is 7.83. The van der Waals surface area contributed by atoms with E-state index < -0.39 is 0 Å². The molecule has 27 heavy (non-hydrogen) atoms. The zero-order valence-electron chi connectivity index (χ0n) is 16.6. The average molecular weight is 375 g/mol. The zero-order valence-corrected chi connectivity index (χ0v) is 16.6. The number of unbranched alkanes of at least 4 members (excludes halogenated alkanes) is 1. The Morgan fingerprint density at radius 1 is 1.26 bits per heavy atom. The number of rotatable bonds is 8. The number of para-hydroxylation sites is 1. The highest BCUT2D eigenvalue weighted by atomic mass is 16.5. The smallest absolute Gasteiger partial charge is 0.221 e. The molecule has 2 aliphatic rings. The minimum Gasteiger partial charge on any atom is -0.489 e. The summed E-state index contributed by atoms with van der Waals surface area (Å²) in [6.07, 6.45) is 6.28. The molecule has 3 rings (SSSR count). The number of nitrogens with zero attached hydrogens (tertiary/aromatic N) is 1. The van der Waals surface area contributed by atoms with Gasteiger partial charge < -0.3 is 14.8 Å². The molecule has 0 spiro atoms. The van der Waals surface area contributed by atoms with Crippen molar-refractivity contribution in [3.05, 3.63) is 29.8 Å². The highest BCUT2D eigenvalue weighted by molar-refractivity contribution is 5.76. The molecule has 0 bridgehead atoms. The Morgan fingerprint density at radius 3 is 2.89 bits per heavy atom. The topological polar surface area (TPSA) is 50.8 Å². The first kappa shape index (κ1) is 20.2. The monoisotopic (exact) mass is 374 g/mol. The van der Waals surface area contributed by atoms with Crippen LogP contribution in [-0.2, 0) is 16.1 Å². The summed E-state index contributed by atoms with van der Waals surface area (Å²) in [5.41, 5.74) is 1.22. The van der Waals surface area contributed by atoms with E-state index in [9.17, 15) is 4.79 Å². The van der Waals surface area contributed by atoms with Gasteiger partial charge in [0.05, 0.1) is 0 Å². The van der Waals surface area contributed by atoms with E-state index in [1.54, 1.807) is 0 Å². The SMILES string of the molecule is CCCC[C@H]1CN(CCC(=O)NCC2CCOCC2)Cc2ccccc2O1. The second-order valence-corrected chi connectivity index (χ2v) is 7.83. The van der Waals surface area contributed by atoms with Crippen LogP contribution in [0, 0.1) is 5.92 Å². The quantitative estimate of drug-likeness (QED) is 0.758. The van der Waals surface area contributed by atoms with Gasteiger partial charge in [-0.15, -0.1) is 0 Å². The molecule has 0 aliphatic carbocycles. The third-order valence-electron chi connectivity index (χ3n) is 5.59. The van der Waals surface area contributed by atoms with Crippen molar-refractivity contribution >= 4 is 5.91 Å². The van der Waals surface area contributed by atoms with Crippen LogP contribution in [-0.4, -0.2) is 49.8 Å². The first-order chi connectivity index (χ1) is 13.2. The molecular formula is C22H34N2O3. The van der Waals surface area contributed by atoms with Gasteiger partial charge in [0, 0.05) is 51.4 Å². The molecule has 1 N–H and O–H groups in total.